The van der Waals surface area contributed by atoms with Crippen LogP contribution in [-0.2, 0) is 0 Å². The number of nitrogens with zero attached hydrogens (tertiary/aromatic N) is 1. The molecule has 9 heteroatoms. The predicted octanol–water partition coefficient (Wildman–Crippen LogP) is 3.93. The molecule has 2 aromatic rings. The minimum absolute atomic E-state index is 0. The Morgan fingerprint density at radius 1 is 1.08 bits per heavy atom. The summed E-state index contributed by atoms with van der Waals surface area (Å²) in [4.78, 5) is 2.04. The summed E-state index contributed by atoms with van der Waals surface area (Å²) in [6.07, 6.45) is -6.99. The molecule has 1 fully saturated rings. The van der Waals surface area contributed by atoms with Crippen LogP contribution in [0.1, 0.15) is 17.4 Å². The first-order valence-electron chi connectivity index (χ1n) is 7.91. The summed E-state index contributed by atoms with van der Waals surface area (Å²) in [6.45, 7) is 2.77. The first kappa shape index (κ1) is 20.5. The summed E-state index contributed by atoms with van der Waals surface area (Å²) >= 11 is 0. The van der Waals surface area contributed by atoms with Crippen molar-refractivity contribution in [3.05, 3.63) is 54.0 Å². The molecule has 1 saturated heterocycles. The Balaban J connectivity index is 0.00000243. The van der Waals surface area contributed by atoms with E-state index in [9.17, 15) is 17.6 Å². The van der Waals surface area contributed by atoms with Crippen LogP contribution in [0.4, 0.5) is 17.6 Å². The highest BCUT2D eigenvalue weighted by atomic mass is 35.5. The number of hydrogen-bond donors (Lipinski definition) is 1. The third-order valence-corrected chi connectivity index (χ3v) is 4.04. The van der Waals surface area contributed by atoms with Gasteiger partial charge < -0.3 is 14.5 Å². The van der Waals surface area contributed by atoms with Gasteiger partial charge in [-0.3, -0.25) is 4.90 Å². The van der Waals surface area contributed by atoms with Crippen LogP contribution in [-0.4, -0.2) is 43.6 Å². The molecule has 4 nitrogen and oxygen atoms in total. The van der Waals surface area contributed by atoms with Crippen molar-refractivity contribution in [1.29, 1.82) is 0 Å². The van der Waals surface area contributed by atoms with E-state index in [-0.39, 0.29) is 18.2 Å². The van der Waals surface area contributed by atoms with Gasteiger partial charge in [0.05, 0.1) is 12.3 Å². The van der Waals surface area contributed by atoms with Gasteiger partial charge in [0.1, 0.15) is 11.5 Å². The number of benzene rings is 1. The molecule has 0 saturated carbocycles. The van der Waals surface area contributed by atoms with Gasteiger partial charge >= 0.3 is 12.5 Å². The predicted molar refractivity (Wildman–Crippen MR) is 90.3 cm³/mol. The van der Waals surface area contributed by atoms with Crippen molar-refractivity contribution in [2.75, 3.05) is 26.2 Å². The number of furan rings is 1. The Hall–Kier alpha value is -1.77. The van der Waals surface area contributed by atoms with Crippen LogP contribution in [0, 0.1) is 0 Å². The largest absolute Gasteiger partial charge is 0.467 e. The van der Waals surface area contributed by atoms with Gasteiger partial charge in [-0.05, 0) is 18.2 Å². The summed E-state index contributed by atoms with van der Waals surface area (Å²) in [7, 11) is 0. The summed E-state index contributed by atoms with van der Waals surface area (Å²) in [6, 6.07) is 8.91. The molecule has 1 aromatic heterocycles. The second kappa shape index (κ2) is 8.75. The lowest BCUT2D eigenvalue weighted by molar-refractivity contribution is -0.253. The van der Waals surface area contributed by atoms with Crippen LogP contribution in [0.5, 0.6) is 5.75 Å². The summed E-state index contributed by atoms with van der Waals surface area (Å²) in [5.41, 5.74) is 0.361. The molecule has 0 amide bonds. The van der Waals surface area contributed by atoms with Gasteiger partial charge in [-0.1, -0.05) is 18.2 Å². The van der Waals surface area contributed by atoms with Gasteiger partial charge in [-0.15, -0.1) is 12.4 Å². The fraction of sp³-hybridized carbons (Fsp3) is 0.412. The number of nitrogens with one attached hydrogen (secondary N) is 1. The average Bonchev–Trinajstić information content (AvgIpc) is 3.11. The molecule has 2 heterocycles. The number of hydrogen-bond acceptors (Lipinski definition) is 4. The molecule has 26 heavy (non-hydrogen) atoms. The van der Waals surface area contributed by atoms with Crippen molar-refractivity contribution < 1.29 is 26.7 Å². The standard InChI is InChI=1S/C17H18F4N2O2.ClH/c18-16(19)17(20,21)25-13-5-2-1-4-12(13)15(14-6-3-11-24-14)23-9-7-22-8-10-23;/h1-6,11,15-16,22H,7-10H2;1H/t15-;/m1./s1. The first-order chi connectivity index (χ1) is 12.0. The van der Waals surface area contributed by atoms with Crippen LogP contribution >= 0.6 is 12.4 Å². The quantitative estimate of drug-likeness (QED) is 0.753. The monoisotopic (exact) mass is 394 g/mol. The third kappa shape index (κ3) is 4.49. The fourth-order valence-corrected chi connectivity index (χ4v) is 2.91. The van der Waals surface area contributed by atoms with Crippen LogP contribution in [0.2, 0.25) is 0 Å². The van der Waals surface area contributed by atoms with Crippen molar-refractivity contribution in [3.63, 3.8) is 0 Å². The Labute approximate surface area is 154 Å². The summed E-state index contributed by atoms with van der Waals surface area (Å²) < 4.78 is 61.9. The van der Waals surface area contributed by atoms with Crippen molar-refractivity contribution in [2.24, 2.45) is 0 Å². The molecule has 0 radical (unpaired) electrons. The Morgan fingerprint density at radius 2 is 1.77 bits per heavy atom. The number of piperazine rings is 1. The zero-order valence-corrected chi connectivity index (χ0v) is 14.5. The van der Waals surface area contributed by atoms with E-state index < -0.39 is 18.6 Å². The van der Waals surface area contributed by atoms with E-state index in [0.29, 0.717) is 24.4 Å². The zero-order chi connectivity index (χ0) is 17.9. The van der Waals surface area contributed by atoms with E-state index in [1.807, 2.05) is 4.90 Å². The molecule has 1 aliphatic rings. The van der Waals surface area contributed by atoms with Crippen molar-refractivity contribution in [1.82, 2.24) is 10.2 Å². The molecule has 0 aliphatic carbocycles. The summed E-state index contributed by atoms with van der Waals surface area (Å²) in [5, 5.41) is 3.21. The molecule has 144 valence electrons. The molecule has 3 rings (SSSR count). The van der Waals surface area contributed by atoms with E-state index in [0.717, 1.165) is 13.1 Å². The van der Waals surface area contributed by atoms with E-state index in [1.54, 1.807) is 24.3 Å². The minimum atomic E-state index is -4.56. The average molecular weight is 395 g/mol. The number of rotatable bonds is 6. The van der Waals surface area contributed by atoms with Gasteiger partial charge in [0.25, 0.3) is 0 Å². The van der Waals surface area contributed by atoms with Gasteiger partial charge in [-0.2, -0.15) is 17.6 Å². The number of para-hydroxylation sites is 1. The maximum absolute atomic E-state index is 13.4. The van der Waals surface area contributed by atoms with Crippen molar-refractivity contribution >= 4 is 12.4 Å². The highest BCUT2D eigenvalue weighted by molar-refractivity contribution is 5.85. The fourth-order valence-electron chi connectivity index (χ4n) is 2.91. The third-order valence-electron chi connectivity index (χ3n) is 4.04. The highest BCUT2D eigenvalue weighted by Crippen LogP contribution is 2.38. The maximum atomic E-state index is 13.4. The molecule has 0 unspecified atom stereocenters. The normalized spacial score (nSPS) is 17.0. The highest BCUT2D eigenvalue weighted by Gasteiger charge is 2.45. The molecule has 1 N–H and O–H groups in total. The van der Waals surface area contributed by atoms with Crippen molar-refractivity contribution in [2.45, 2.75) is 18.6 Å². The maximum Gasteiger partial charge on any atom is 0.461 e. The van der Waals surface area contributed by atoms with E-state index in [2.05, 4.69) is 10.1 Å². The number of ether oxygens (including phenoxy) is 1. The second-order valence-electron chi connectivity index (χ2n) is 5.71. The number of alkyl halides is 4. The lowest BCUT2D eigenvalue weighted by atomic mass is 10.0. The van der Waals surface area contributed by atoms with Gasteiger partial charge in [0.15, 0.2) is 0 Å². The first-order valence-corrected chi connectivity index (χ1v) is 7.91. The minimum Gasteiger partial charge on any atom is -0.467 e. The van der Waals surface area contributed by atoms with Gasteiger partial charge in [-0.25, -0.2) is 0 Å². The van der Waals surface area contributed by atoms with Crippen LogP contribution in [0.3, 0.4) is 0 Å². The zero-order valence-electron chi connectivity index (χ0n) is 13.7. The molecule has 1 aromatic carbocycles. The molecular formula is C17H19ClF4N2O2. The molecule has 1 atom stereocenters. The Kier molecular flexibility index (Phi) is 6.91. The lowest BCUT2D eigenvalue weighted by Crippen LogP contribution is -2.45. The van der Waals surface area contributed by atoms with Crippen LogP contribution < -0.4 is 10.1 Å². The Morgan fingerprint density at radius 3 is 2.38 bits per heavy atom. The van der Waals surface area contributed by atoms with Crippen LogP contribution in [0.25, 0.3) is 0 Å². The Bertz CT molecular complexity index is 679. The summed E-state index contributed by atoms with van der Waals surface area (Å²) in [5.74, 6) is 0.256. The van der Waals surface area contributed by atoms with E-state index in [4.69, 9.17) is 4.42 Å². The molecule has 0 bridgehead atoms. The molecule has 0 spiro atoms. The smallest absolute Gasteiger partial charge is 0.461 e. The molecule has 1 aliphatic heterocycles. The lowest BCUT2D eigenvalue weighted by Gasteiger charge is -2.35. The van der Waals surface area contributed by atoms with Gasteiger partial charge in [0.2, 0.25) is 0 Å². The SMILES string of the molecule is Cl.FC(F)C(F)(F)Oc1ccccc1[C@H](c1ccco1)N1CCNCC1. The molecular weight excluding hydrogens is 376 g/mol. The van der Waals surface area contributed by atoms with Crippen molar-refractivity contribution in [3.8, 4) is 5.75 Å². The van der Waals surface area contributed by atoms with Gasteiger partial charge in [0, 0.05) is 31.7 Å². The van der Waals surface area contributed by atoms with Crippen LogP contribution in [0.15, 0.2) is 47.1 Å². The second-order valence-corrected chi connectivity index (χ2v) is 5.71. The number of halogens is 5. The van der Waals surface area contributed by atoms with E-state index >= 15 is 0 Å². The van der Waals surface area contributed by atoms with E-state index in [1.165, 1.54) is 18.4 Å². The topological polar surface area (TPSA) is 37.6 Å².